The number of ether oxygens (including phenoxy) is 1. The van der Waals surface area contributed by atoms with Crippen LogP contribution in [0.2, 0.25) is 5.28 Å². The summed E-state index contributed by atoms with van der Waals surface area (Å²) in [4.78, 5) is 33.1. The lowest BCUT2D eigenvalue weighted by Crippen LogP contribution is -2.45. The maximum atomic E-state index is 15.1. The molecule has 3 rings (SSSR count). The molecule has 3 N–H and O–H groups in total. The predicted molar refractivity (Wildman–Crippen MR) is 111 cm³/mol. The largest absolute Gasteiger partial charge is 0.377 e. The number of nitrogens with one attached hydrogen (secondary N) is 2. The van der Waals surface area contributed by atoms with Crippen molar-refractivity contribution in [1.82, 2.24) is 20.5 Å². The van der Waals surface area contributed by atoms with E-state index in [2.05, 4.69) is 20.8 Å². The molecule has 1 saturated carbocycles. The Morgan fingerprint density at radius 3 is 2.87 bits per heavy atom. The molecule has 2 aliphatic rings. The van der Waals surface area contributed by atoms with Crippen LogP contribution < -0.4 is 15.8 Å². The number of nitrogens with zero attached hydrogens (tertiary/aromatic N) is 4. The van der Waals surface area contributed by atoms with Crippen LogP contribution in [0.25, 0.3) is 0 Å². The third-order valence-electron chi connectivity index (χ3n) is 5.74. The SMILES string of the molecule is C[C@@H]1COCCN1c1nc(Cl)nc(NNC(=O)C(CC2CCCC2)CN(O)C=O)c1F. The summed E-state index contributed by atoms with van der Waals surface area (Å²) in [5.74, 6) is -1.79. The third kappa shape index (κ3) is 6.14. The summed E-state index contributed by atoms with van der Waals surface area (Å²) < 4.78 is 20.5. The standard InChI is InChI=1S/C19H28ClFN6O4/c1-12-10-31-7-6-27(12)17-15(21)16(22-19(20)23-17)24-25-18(29)14(9-26(30)11-28)8-13-4-2-3-5-13/h11-14,30H,2-10H2,1H3,(H,25,29)(H,22,23,24)/t12-,14?/m1/s1. The molecule has 2 atom stereocenters. The van der Waals surface area contributed by atoms with Crippen molar-refractivity contribution in [1.29, 1.82) is 0 Å². The molecule has 31 heavy (non-hydrogen) atoms. The summed E-state index contributed by atoms with van der Waals surface area (Å²) in [6.07, 6.45) is 4.97. The van der Waals surface area contributed by atoms with Crippen LogP contribution in [0.5, 0.6) is 0 Å². The van der Waals surface area contributed by atoms with E-state index < -0.39 is 17.6 Å². The smallest absolute Gasteiger partial charge is 0.243 e. The van der Waals surface area contributed by atoms with Crippen LogP contribution in [0.4, 0.5) is 16.0 Å². The lowest BCUT2D eigenvalue weighted by atomic mass is 9.92. The molecule has 0 bridgehead atoms. The van der Waals surface area contributed by atoms with Crippen molar-refractivity contribution in [2.24, 2.45) is 11.8 Å². The van der Waals surface area contributed by atoms with Crippen molar-refractivity contribution in [3.8, 4) is 0 Å². The highest BCUT2D eigenvalue weighted by atomic mass is 35.5. The number of aromatic nitrogens is 2. The Hall–Kier alpha value is -2.24. The zero-order chi connectivity index (χ0) is 22.4. The number of carbonyl (C=O) groups excluding carboxylic acids is 2. The van der Waals surface area contributed by atoms with Gasteiger partial charge in [-0.25, -0.2) is 5.06 Å². The minimum Gasteiger partial charge on any atom is -0.377 e. The van der Waals surface area contributed by atoms with Crippen molar-refractivity contribution >= 4 is 35.6 Å². The van der Waals surface area contributed by atoms with Crippen LogP contribution in [0, 0.1) is 17.7 Å². The van der Waals surface area contributed by atoms with E-state index in [1.54, 1.807) is 4.90 Å². The molecule has 172 valence electrons. The number of halogens is 2. The molecule has 0 aromatic carbocycles. The van der Waals surface area contributed by atoms with Crippen molar-refractivity contribution in [3.63, 3.8) is 0 Å². The highest BCUT2D eigenvalue weighted by molar-refractivity contribution is 6.28. The molecule has 10 nitrogen and oxygen atoms in total. The number of hydroxylamine groups is 2. The molecular weight excluding hydrogens is 431 g/mol. The third-order valence-corrected chi connectivity index (χ3v) is 5.91. The first-order chi connectivity index (χ1) is 14.9. The molecule has 12 heteroatoms. The van der Waals surface area contributed by atoms with Crippen LogP contribution >= 0.6 is 11.6 Å². The summed E-state index contributed by atoms with van der Waals surface area (Å²) in [5.41, 5.74) is 4.93. The van der Waals surface area contributed by atoms with E-state index in [9.17, 15) is 14.8 Å². The number of rotatable bonds is 9. The molecule has 2 amide bonds. The van der Waals surface area contributed by atoms with Gasteiger partial charge in [0, 0.05) is 6.54 Å². The van der Waals surface area contributed by atoms with Gasteiger partial charge in [-0.05, 0) is 30.9 Å². The number of anilines is 2. The molecular formula is C19H28ClFN6O4. The summed E-state index contributed by atoms with van der Waals surface area (Å²) in [7, 11) is 0. The zero-order valence-corrected chi connectivity index (χ0v) is 18.1. The average Bonchev–Trinajstić information content (AvgIpc) is 3.27. The van der Waals surface area contributed by atoms with Crippen molar-refractivity contribution in [2.45, 2.75) is 45.1 Å². The van der Waals surface area contributed by atoms with Crippen molar-refractivity contribution < 1.29 is 23.9 Å². The van der Waals surface area contributed by atoms with Crippen molar-refractivity contribution in [2.75, 3.05) is 36.6 Å². The Balaban J connectivity index is 1.70. The van der Waals surface area contributed by atoms with Crippen LogP contribution in [0.1, 0.15) is 39.0 Å². The molecule has 1 unspecified atom stereocenters. The number of carbonyl (C=O) groups is 2. The van der Waals surface area contributed by atoms with E-state index >= 15 is 4.39 Å². The number of morpholine rings is 1. The van der Waals surface area contributed by atoms with Gasteiger partial charge >= 0.3 is 0 Å². The quantitative estimate of drug-likeness (QED) is 0.222. The van der Waals surface area contributed by atoms with E-state index in [-0.39, 0.29) is 35.9 Å². The molecule has 2 heterocycles. The fourth-order valence-corrected chi connectivity index (χ4v) is 4.29. The predicted octanol–water partition coefficient (Wildman–Crippen LogP) is 1.98. The first-order valence-corrected chi connectivity index (χ1v) is 10.8. The maximum Gasteiger partial charge on any atom is 0.243 e. The molecule has 1 saturated heterocycles. The van der Waals surface area contributed by atoms with Crippen LogP contribution in [-0.2, 0) is 14.3 Å². The Labute approximate surface area is 185 Å². The molecule has 1 aromatic heterocycles. The summed E-state index contributed by atoms with van der Waals surface area (Å²) in [6.45, 7) is 3.03. The van der Waals surface area contributed by atoms with Crippen LogP contribution in [-0.4, -0.2) is 64.9 Å². The van der Waals surface area contributed by atoms with Gasteiger partial charge in [-0.15, -0.1) is 0 Å². The number of hydrazine groups is 1. The van der Waals surface area contributed by atoms with E-state index in [4.69, 9.17) is 16.3 Å². The van der Waals surface area contributed by atoms with E-state index in [0.717, 1.165) is 25.7 Å². The van der Waals surface area contributed by atoms with Gasteiger partial charge in [-0.3, -0.25) is 25.6 Å². The minimum atomic E-state index is -0.748. The second kappa shape index (κ2) is 10.9. The molecule has 1 aromatic rings. The summed E-state index contributed by atoms with van der Waals surface area (Å²) in [6, 6.07) is -0.105. The normalized spacial score (nSPS) is 20.4. The highest BCUT2D eigenvalue weighted by Gasteiger charge is 2.29. The Morgan fingerprint density at radius 2 is 2.19 bits per heavy atom. The second-order valence-electron chi connectivity index (χ2n) is 8.02. The van der Waals surface area contributed by atoms with E-state index in [1.165, 1.54) is 0 Å². The van der Waals surface area contributed by atoms with Gasteiger partial charge in [-0.2, -0.15) is 14.4 Å². The van der Waals surface area contributed by atoms with Gasteiger partial charge in [0.1, 0.15) is 0 Å². The average molecular weight is 459 g/mol. The first kappa shape index (κ1) is 23.4. The summed E-state index contributed by atoms with van der Waals surface area (Å²) >= 11 is 5.99. The maximum absolute atomic E-state index is 15.1. The Bertz CT molecular complexity index is 782. The van der Waals surface area contributed by atoms with Gasteiger partial charge in [0.2, 0.25) is 23.4 Å². The lowest BCUT2D eigenvalue weighted by molar-refractivity contribution is -0.154. The lowest BCUT2D eigenvalue weighted by Gasteiger charge is -2.34. The van der Waals surface area contributed by atoms with Crippen LogP contribution in [0.3, 0.4) is 0 Å². The molecule has 0 spiro atoms. The number of amides is 2. The molecule has 2 fully saturated rings. The highest BCUT2D eigenvalue weighted by Crippen LogP contribution is 2.31. The fourth-order valence-electron chi connectivity index (χ4n) is 4.13. The topological polar surface area (TPSA) is 120 Å². The van der Waals surface area contributed by atoms with E-state index in [0.29, 0.717) is 37.2 Å². The molecule has 1 aliphatic heterocycles. The van der Waals surface area contributed by atoms with Gasteiger partial charge in [0.15, 0.2) is 11.6 Å². The van der Waals surface area contributed by atoms with Gasteiger partial charge < -0.3 is 9.64 Å². The Kier molecular flexibility index (Phi) is 8.22. The molecule has 1 aliphatic carbocycles. The van der Waals surface area contributed by atoms with E-state index in [1.807, 2.05) is 6.92 Å². The monoisotopic (exact) mass is 458 g/mol. The summed E-state index contributed by atoms with van der Waals surface area (Å²) in [5, 5.41) is 9.85. The fraction of sp³-hybridized carbons (Fsp3) is 0.684. The molecule has 0 radical (unpaired) electrons. The Morgan fingerprint density at radius 1 is 1.45 bits per heavy atom. The van der Waals surface area contributed by atoms with Crippen LogP contribution in [0.15, 0.2) is 0 Å². The second-order valence-corrected chi connectivity index (χ2v) is 8.36. The number of hydrogen-bond acceptors (Lipinski definition) is 8. The first-order valence-electron chi connectivity index (χ1n) is 10.4. The zero-order valence-electron chi connectivity index (χ0n) is 17.4. The van der Waals surface area contributed by atoms with Crippen molar-refractivity contribution in [3.05, 3.63) is 11.1 Å². The van der Waals surface area contributed by atoms with Gasteiger partial charge in [0.25, 0.3) is 0 Å². The van der Waals surface area contributed by atoms with Gasteiger partial charge in [-0.1, -0.05) is 25.7 Å². The number of hydrogen-bond donors (Lipinski definition) is 3. The minimum absolute atomic E-state index is 0.0255. The van der Waals surface area contributed by atoms with Gasteiger partial charge in [0.05, 0.1) is 31.7 Å².